The largest absolute Gasteiger partial charge is 0.445 e. The summed E-state index contributed by atoms with van der Waals surface area (Å²) in [6.07, 6.45) is -6.07. The zero-order valence-electron chi connectivity index (χ0n) is 6.50. The van der Waals surface area contributed by atoms with Crippen molar-refractivity contribution in [3.05, 3.63) is 11.7 Å². The summed E-state index contributed by atoms with van der Waals surface area (Å²) in [7, 11) is 0. The Morgan fingerprint density at radius 3 is 2.23 bits per heavy atom. The Balaban J connectivity index is 2.77. The first-order valence-corrected chi connectivity index (χ1v) is 3.67. The molecule has 1 aliphatic heterocycles. The SMILES string of the molecule is F/C(=C(/F)C(F)(F)F)[C@@H]1CCCO1. The lowest BCUT2D eigenvalue weighted by Crippen LogP contribution is -2.15. The van der Waals surface area contributed by atoms with Crippen LogP contribution in [-0.2, 0) is 4.74 Å². The number of rotatable bonds is 1. The minimum atomic E-state index is -5.25. The van der Waals surface area contributed by atoms with Crippen LogP contribution in [0.4, 0.5) is 22.0 Å². The number of halogens is 5. The van der Waals surface area contributed by atoms with E-state index in [1.54, 1.807) is 0 Å². The molecule has 0 aromatic rings. The van der Waals surface area contributed by atoms with E-state index in [0.29, 0.717) is 6.42 Å². The van der Waals surface area contributed by atoms with Gasteiger partial charge in [0.15, 0.2) is 5.83 Å². The van der Waals surface area contributed by atoms with Crippen molar-refractivity contribution >= 4 is 0 Å². The molecule has 0 bridgehead atoms. The Hall–Kier alpha value is -0.650. The van der Waals surface area contributed by atoms with E-state index in [-0.39, 0.29) is 13.0 Å². The first-order chi connectivity index (χ1) is 5.93. The Kier molecular flexibility index (Phi) is 2.90. The quantitative estimate of drug-likeness (QED) is 0.594. The van der Waals surface area contributed by atoms with E-state index in [0.717, 1.165) is 0 Å². The lowest BCUT2D eigenvalue weighted by molar-refractivity contribution is -0.113. The summed E-state index contributed by atoms with van der Waals surface area (Å²) in [5.74, 6) is -4.52. The van der Waals surface area contributed by atoms with Gasteiger partial charge in [0.25, 0.3) is 0 Å². The summed E-state index contributed by atoms with van der Waals surface area (Å²) < 4.78 is 64.3. The van der Waals surface area contributed by atoms with E-state index in [2.05, 4.69) is 4.74 Å². The van der Waals surface area contributed by atoms with Gasteiger partial charge < -0.3 is 4.74 Å². The minimum Gasteiger partial charge on any atom is -0.371 e. The molecule has 1 rings (SSSR count). The van der Waals surface area contributed by atoms with E-state index in [9.17, 15) is 22.0 Å². The molecule has 1 fully saturated rings. The number of ether oxygens (including phenoxy) is 1. The van der Waals surface area contributed by atoms with E-state index < -0.39 is 23.9 Å². The second kappa shape index (κ2) is 3.61. The molecule has 1 saturated heterocycles. The molecule has 1 heterocycles. The highest BCUT2D eigenvalue weighted by Crippen LogP contribution is 2.33. The molecule has 0 N–H and O–H groups in total. The third-order valence-corrected chi connectivity index (χ3v) is 1.67. The van der Waals surface area contributed by atoms with Gasteiger partial charge in [0.2, 0.25) is 5.83 Å². The topological polar surface area (TPSA) is 9.23 Å². The van der Waals surface area contributed by atoms with Crippen LogP contribution in [0.25, 0.3) is 0 Å². The van der Waals surface area contributed by atoms with Crippen LogP contribution in [0.3, 0.4) is 0 Å². The van der Waals surface area contributed by atoms with Gasteiger partial charge in [-0.15, -0.1) is 0 Å². The monoisotopic (exact) mass is 202 g/mol. The van der Waals surface area contributed by atoms with Crippen molar-refractivity contribution in [2.45, 2.75) is 25.1 Å². The molecule has 1 nitrogen and oxygen atoms in total. The highest BCUT2D eigenvalue weighted by atomic mass is 19.4. The molecule has 76 valence electrons. The molecule has 0 aliphatic carbocycles. The van der Waals surface area contributed by atoms with Crippen molar-refractivity contribution in [3.63, 3.8) is 0 Å². The average molecular weight is 202 g/mol. The van der Waals surface area contributed by atoms with Crippen molar-refractivity contribution in [1.82, 2.24) is 0 Å². The zero-order chi connectivity index (χ0) is 10.1. The average Bonchev–Trinajstić information content (AvgIpc) is 2.51. The van der Waals surface area contributed by atoms with Gasteiger partial charge in [-0.1, -0.05) is 0 Å². The second-order valence-electron chi connectivity index (χ2n) is 2.66. The molecule has 13 heavy (non-hydrogen) atoms. The molecule has 0 amide bonds. The zero-order valence-corrected chi connectivity index (χ0v) is 6.50. The van der Waals surface area contributed by atoms with Crippen LogP contribution >= 0.6 is 0 Å². The molecule has 0 aromatic heterocycles. The lowest BCUT2D eigenvalue weighted by Gasteiger charge is -2.09. The number of alkyl halides is 3. The summed E-state index contributed by atoms with van der Waals surface area (Å²) in [6, 6.07) is 0. The number of allylic oxidation sites excluding steroid dienone is 1. The Labute approximate surface area is 71.2 Å². The Bertz CT molecular complexity index is 213. The maximum atomic E-state index is 12.7. The molecule has 0 unspecified atom stereocenters. The van der Waals surface area contributed by atoms with Crippen LogP contribution in [-0.4, -0.2) is 18.9 Å². The van der Waals surface area contributed by atoms with Crippen molar-refractivity contribution in [2.24, 2.45) is 0 Å². The van der Waals surface area contributed by atoms with E-state index in [1.807, 2.05) is 0 Å². The maximum absolute atomic E-state index is 12.7. The van der Waals surface area contributed by atoms with Gasteiger partial charge in [0.1, 0.15) is 6.10 Å². The van der Waals surface area contributed by atoms with E-state index in [4.69, 9.17) is 0 Å². The normalized spacial score (nSPS) is 26.1. The number of hydrogen-bond acceptors (Lipinski definition) is 1. The highest BCUT2D eigenvalue weighted by molar-refractivity contribution is 5.11. The molecule has 0 aromatic carbocycles. The van der Waals surface area contributed by atoms with Gasteiger partial charge in [-0.3, -0.25) is 0 Å². The summed E-state index contributed by atoms with van der Waals surface area (Å²) in [4.78, 5) is 0. The Morgan fingerprint density at radius 1 is 1.23 bits per heavy atom. The van der Waals surface area contributed by atoms with Gasteiger partial charge in [-0.25, -0.2) is 4.39 Å². The van der Waals surface area contributed by atoms with Gasteiger partial charge >= 0.3 is 6.18 Å². The first kappa shape index (κ1) is 10.4. The van der Waals surface area contributed by atoms with Gasteiger partial charge in [-0.05, 0) is 12.8 Å². The fraction of sp³-hybridized carbons (Fsp3) is 0.714. The minimum absolute atomic E-state index is 0.0926. The van der Waals surface area contributed by atoms with Gasteiger partial charge in [0, 0.05) is 6.61 Å². The number of hydrogen-bond donors (Lipinski definition) is 0. The van der Waals surface area contributed by atoms with E-state index >= 15 is 0 Å². The van der Waals surface area contributed by atoms with Gasteiger partial charge in [0.05, 0.1) is 0 Å². The molecular weight excluding hydrogens is 195 g/mol. The first-order valence-electron chi connectivity index (χ1n) is 3.67. The molecule has 0 saturated carbocycles. The summed E-state index contributed by atoms with van der Waals surface area (Å²) in [5.41, 5.74) is 0. The van der Waals surface area contributed by atoms with Crippen LogP contribution < -0.4 is 0 Å². The molecule has 0 spiro atoms. The van der Waals surface area contributed by atoms with Crippen molar-refractivity contribution in [2.75, 3.05) is 6.61 Å². The van der Waals surface area contributed by atoms with Crippen molar-refractivity contribution in [1.29, 1.82) is 0 Å². The third-order valence-electron chi connectivity index (χ3n) is 1.67. The van der Waals surface area contributed by atoms with Crippen molar-refractivity contribution < 1.29 is 26.7 Å². The van der Waals surface area contributed by atoms with Crippen LogP contribution in [0, 0.1) is 0 Å². The summed E-state index contributed by atoms with van der Waals surface area (Å²) in [5, 5.41) is 0. The van der Waals surface area contributed by atoms with Crippen molar-refractivity contribution in [3.8, 4) is 0 Å². The smallest absolute Gasteiger partial charge is 0.371 e. The van der Waals surface area contributed by atoms with Crippen LogP contribution in [0.15, 0.2) is 11.7 Å². The van der Waals surface area contributed by atoms with Crippen LogP contribution in [0.2, 0.25) is 0 Å². The standard InChI is InChI=1S/C7H7F5O/c8-5(4-2-1-3-13-4)6(9)7(10,11)12/h4H,1-3H2/b6-5+/t4-/m0/s1. The fourth-order valence-electron chi connectivity index (χ4n) is 1.05. The van der Waals surface area contributed by atoms with E-state index in [1.165, 1.54) is 0 Å². The molecular formula is C7H7F5O. The van der Waals surface area contributed by atoms with Crippen LogP contribution in [0.5, 0.6) is 0 Å². The highest BCUT2D eigenvalue weighted by Gasteiger charge is 2.40. The van der Waals surface area contributed by atoms with Crippen LogP contribution in [0.1, 0.15) is 12.8 Å². The predicted octanol–water partition coefficient (Wildman–Crippen LogP) is 2.88. The second-order valence-corrected chi connectivity index (χ2v) is 2.66. The molecule has 0 radical (unpaired) electrons. The predicted molar refractivity (Wildman–Crippen MR) is 34.3 cm³/mol. The molecule has 6 heteroatoms. The lowest BCUT2D eigenvalue weighted by atomic mass is 10.2. The molecule has 1 aliphatic rings. The van der Waals surface area contributed by atoms with Gasteiger partial charge in [-0.2, -0.15) is 17.6 Å². The maximum Gasteiger partial charge on any atom is 0.445 e. The molecule has 1 atom stereocenters. The summed E-state index contributed by atoms with van der Waals surface area (Å²) in [6.45, 7) is 0.170. The fourth-order valence-corrected chi connectivity index (χ4v) is 1.05. The summed E-state index contributed by atoms with van der Waals surface area (Å²) >= 11 is 0. The Morgan fingerprint density at radius 2 is 1.85 bits per heavy atom. The third kappa shape index (κ3) is 2.40.